The van der Waals surface area contributed by atoms with E-state index in [4.69, 9.17) is 0 Å². The Bertz CT molecular complexity index is 986. The Morgan fingerprint density at radius 1 is 1.31 bits per heavy atom. The number of hydrogen-bond donors (Lipinski definition) is 0. The van der Waals surface area contributed by atoms with Gasteiger partial charge >= 0.3 is 5.69 Å². The van der Waals surface area contributed by atoms with Crippen LogP contribution >= 0.6 is 23.1 Å². The molecule has 0 saturated heterocycles. The molecule has 136 valence electrons. The molecule has 0 spiro atoms. The fraction of sp³-hybridized carbons (Fsp3) is 0.333. The summed E-state index contributed by atoms with van der Waals surface area (Å²) in [6.07, 6.45) is 1.77. The predicted molar refractivity (Wildman–Crippen MR) is 101 cm³/mol. The van der Waals surface area contributed by atoms with Crippen molar-refractivity contribution >= 4 is 35.0 Å². The molecule has 3 aromatic heterocycles. The summed E-state index contributed by atoms with van der Waals surface area (Å²) in [6, 6.07) is 4.04. The minimum atomic E-state index is -0.404. The van der Waals surface area contributed by atoms with Gasteiger partial charge in [-0.2, -0.15) is 14.9 Å². The fourth-order valence-electron chi connectivity index (χ4n) is 2.39. The molecule has 0 atom stereocenters. The maximum atomic E-state index is 11.1. The zero-order valence-corrected chi connectivity index (χ0v) is 16.3. The van der Waals surface area contributed by atoms with Crippen LogP contribution in [0.4, 0.5) is 5.69 Å². The minimum absolute atomic E-state index is 0.0503. The molecule has 9 nitrogen and oxygen atoms in total. The zero-order valence-electron chi connectivity index (χ0n) is 14.7. The van der Waals surface area contributed by atoms with E-state index in [0.29, 0.717) is 28.2 Å². The molecule has 0 fully saturated rings. The molecule has 0 amide bonds. The second-order valence-corrected chi connectivity index (χ2v) is 7.82. The van der Waals surface area contributed by atoms with Gasteiger partial charge in [0.2, 0.25) is 5.16 Å². The van der Waals surface area contributed by atoms with Gasteiger partial charge in [-0.25, -0.2) is 0 Å². The van der Waals surface area contributed by atoms with Gasteiger partial charge in [-0.15, -0.1) is 21.5 Å². The van der Waals surface area contributed by atoms with Crippen LogP contribution in [0.3, 0.4) is 0 Å². The average Bonchev–Trinajstić information content (AvgIpc) is 3.22. The Labute approximate surface area is 157 Å². The summed E-state index contributed by atoms with van der Waals surface area (Å²) in [4.78, 5) is 13.0. The number of thioether (sulfide) groups is 1. The van der Waals surface area contributed by atoms with E-state index >= 15 is 0 Å². The normalized spacial score (nSPS) is 11.5. The van der Waals surface area contributed by atoms with Crippen LogP contribution in [-0.4, -0.2) is 35.8 Å². The minimum Gasteiger partial charge on any atom is -0.258 e. The second-order valence-electron chi connectivity index (χ2n) is 5.58. The molecule has 0 radical (unpaired) electrons. The molecule has 0 saturated carbocycles. The molecule has 0 N–H and O–H groups in total. The highest BCUT2D eigenvalue weighted by molar-refractivity contribution is 7.98. The van der Waals surface area contributed by atoms with E-state index in [1.807, 2.05) is 26.0 Å². The molecule has 0 unspecified atom stereocenters. The molecule has 0 bridgehead atoms. The van der Waals surface area contributed by atoms with Crippen LogP contribution in [-0.2, 0) is 5.88 Å². The Morgan fingerprint density at radius 3 is 2.69 bits per heavy atom. The number of aryl methyl sites for hydroxylation is 3. The van der Waals surface area contributed by atoms with Gasteiger partial charge in [-0.3, -0.25) is 14.8 Å². The maximum Gasteiger partial charge on any atom is 0.312 e. The molecule has 0 aliphatic carbocycles. The van der Waals surface area contributed by atoms with Gasteiger partial charge < -0.3 is 0 Å². The summed E-state index contributed by atoms with van der Waals surface area (Å²) in [7, 11) is 0. The van der Waals surface area contributed by atoms with Crippen molar-refractivity contribution < 1.29 is 4.92 Å². The van der Waals surface area contributed by atoms with Crippen molar-refractivity contribution in [2.45, 2.75) is 38.7 Å². The van der Waals surface area contributed by atoms with Crippen molar-refractivity contribution in [3.8, 4) is 0 Å². The Hall–Kier alpha value is -2.53. The lowest BCUT2D eigenvalue weighted by molar-refractivity contribution is -0.386. The summed E-state index contributed by atoms with van der Waals surface area (Å²) in [6.45, 7) is 7.18. The Balaban J connectivity index is 1.78. The van der Waals surface area contributed by atoms with E-state index in [1.165, 1.54) is 16.6 Å². The van der Waals surface area contributed by atoms with Gasteiger partial charge in [0.05, 0.1) is 17.0 Å². The number of thiophene rings is 1. The van der Waals surface area contributed by atoms with Crippen LogP contribution in [0.5, 0.6) is 0 Å². The monoisotopic (exact) mass is 391 g/mol. The SMILES string of the molecule is Cc1ccc(C=Nn2c(C)nnc2SCn2nc(C)c([N+](=O)[O-])c2C)s1. The predicted octanol–water partition coefficient (Wildman–Crippen LogP) is 3.31. The van der Waals surface area contributed by atoms with E-state index in [-0.39, 0.29) is 5.69 Å². The summed E-state index contributed by atoms with van der Waals surface area (Å²) in [5.41, 5.74) is 0.964. The molecular weight excluding hydrogens is 374 g/mol. The second kappa shape index (κ2) is 7.38. The van der Waals surface area contributed by atoms with Gasteiger partial charge in [0.1, 0.15) is 11.4 Å². The van der Waals surface area contributed by atoms with Crippen molar-refractivity contribution in [2.75, 3.05) is 0 Å². The molecule has 3 heterocycles. The van der Waals surface area contributed by atoms with Crippen molar-refractivity contribution in [3.63, 3.8) is 0 Å². The maximum absolute atomic E-state index is 11.1. The Kier molecular flexibility index (Phi) is 5.18. The lowest BCUT2D eigenvalue weighted by atomic mass is 10.3. The van der Waals surface area contributed by atoms with Crippen LogP contribution < -0.4 is 0 Å². The number of hydrogen-bond acceptors (Lipinski definition) is 8. The summed E-state index contributed by atoms with van der Waals surface area (Å²) < 4.78 is 3.25. The first-order chi connectivity index (χ1) is 12.4. The van der Waals surface area contributed by atoms with Gasteiger partial charge in [-0.05, 0) is 39.8 Å². The lowest BCUT2D eigenvalue weighted by Gasteiger charge is -2.03. The summed E-state index contributed by atoms with van der Waals surface area (Å²) in [5.74, 6) is 1.04. The van der Waals surface area contributed by atoms with Gasteiger partial charge in [-0.1, -0.05) is 11.8 Å². The molecular formula is C15H17N7O2S2. The van der Waals surface area contributed by atoms with E-state index in [1.54, 1.807) is 40.8 Å². The third kappa shape index (κ3) is 3.68. The Morgan fingerprint density at radius 2 is 2.08 bits per heavy atom. The van der Waals surface area contributed by atoms with Crippen LogP contribution in [0.2, 0.25) is 0 Å². The van der Waals surface area contributed by atoms with E-state index in [9.17, 15) is 10.1 Å². The molecule has 0 aliphatic heterocycles. The molecule has 3 rings (SSSR count). The van der Waals surface area contributed by atoms with Crippen LogP contribution in [0.25, 0.3) is 0 Å². The average molecular weight is 391 g/mol. The number of nitrogens with zero attached hydrogens (tertiary/aromatic N) is 7. The van der Waals surface area contributed by atoms with Gasteiger partial charge in [0, 0.05) is 9.75 Å². The molecule has 3 aromatic rings. The third-order valence-corrected chi connectivity index (χ3v) is 5.49. The number of rotatable bonds is 6. The largest absolute Gasteiger partial charge is 0.312 e. The summed E-state index contributed by atoms with van der Waals surface area (Å²) in [5, 5.41) is 28.6. The highest BCUT2D eigenvalue weighted by atomic mass is 32.2. The van der Waals surface area contributed by atoms with Crippen LogP contribution in [0.1, 0.15) is 27.0 Å². The highest BCUT2D eigenvalue weighted by Gasteiger charge is 2.22. The highest BCUT2D eigenvalue weighted by Crippen LogP contribution is 2.25. The molecule has 11 heteroatoms. The first kappa shape index (κ1) is 18.3. The van der Waals surface area contributed by atoms with E-state index < -0.39 is 4.92 Å². The zero-order chi connectivity index (χ0) is 18.8. The lowest BCUT2D eigenvalue weighted by Crippen LogP contribution is -2.02. The molecule has 0 aromatic carbocycles. The van der Waals surface area contributed by atoms with Crippen molar-refractivity contribution in [2.24, 2.45) is 5.10 Å². The first-order valence-electron chi connectivity index (χ1n) is 7.71. The summed E-state index contributed by atoms with van der Waals surface area (Å²) >= 11 is 3.02. The smallest absolute Gasteiger partial charge is 0.258 e. The van der Waals surface area contributed by atoms with Crippen molar-refractivity contribution in [3.05, 3.63) is 49.2 Å². The van der Waals surface area contributed by atoms with Gasteiger partial charge in [0.15, 0.2) is 5.82 Å². The fourth-order valence-corrected chi connectivity index (χ4v) is 4.03. The number of aromatic nitrogens is 5. The molecule has 0 aliphatic rings. The van der Waals surface area contributed by atoms with Gasteiger partial charge in [0.25, 0.3) is 0 Å². The van der Waals surface area contributed by atoms with E-state index in [2.05, 4.69) is 20.4 Å². The molecule has 26 heavy (non-hydrogen) atoms. The van der Waals surface area contributed by atoms with Crippen molar-refractivity contribution in [1.29, 1.82) is 0 Å². The topological polar surface area (TPSA) is 104 Å². The van der Waals surface area contributed by atoms with Crippen LogP contribution in [0.15, 0.2) is 22.4 Å². The standard InChI is InChI=1S/C15H17N7O2S2/c1-9-5-6-13(26-9)7-16-21-12(4)17-18-15(21)25-8-20-11(3)14(22(23)24)10(2)19-20/h5-7H,8H2,1-4H3. The first-order valence-corrected chi connectivity index (χ1v) is 9.51. The van der Waals surface area contributed by atoms with E-state index in [0.717, 1.165) is 4.88 Å². The van der Waals surface area contributed by atoms with Crippen LogP contribution in [0, 0.1) is 37.8 Å². The third-order valence-electron chi connectivity index (χ3n) is 3.67. The number of nitro groups is 1. The van der Waals surface area contributed by atoms with Crippen molar-refractivity contribution in [1.82, 2.24) is 24.7 Å². The quantitative estimate of drug-likeness (QED) is 0.276.